The molecule has 2 N–H and O–H groups in total. The van der Waals surface area contributed by atoms with Crippen LogP contribution in [0, 0.1) is 11.8 Å². The Morgan fingerprint density at radius 1 is 1.19 bits per heavy atom. The standard InChI is InChI=1S/C23H27N3O5/c1-30-15-4-2-14(3-5-15)16-6-7-19-20-17(12-26(19)22(16)28)18(13-27)21(24-20)23(29)25-8-10-31-11-9-25/h2-7,17-18,20-21,24,27H,8-13H2,1H3/t17-,18-,20+,21-/m1/s1. The first kappa shape index (κ1) is 20.2. The van der Waals surface area contributed by atoms with Crippen molar-refractivity contribution < 1.29 is 19.4 Å². The Morgan fingerprint density at radius 3 is 2.61 bits per heavy atom. The van der Waals surface area contributed by atoms with E-state index in [2.05, 4.69) is 5.32 Å². The van der Waals surface area contributed by atoms with Crippen molar-refractivity contribution in [3.8, 4) is 16.9 Å². The van der Waals surface area contributed by atoms with E-state index in [9.17, 15) is 14.7 Å². The molecule has 0 unspecified atom stereocenters. The van der Waals surface area contributed by atoms with E-state index in [0.29, 0.717) is 38.4 Å². The summed E-state index contributed by atoms with van der Waals surface area (Å²) in [6, 6.07) is 10.7. The molecule has 0 bridgehead atoms. The second-order valence-electron chi connectivity index (χ2n) is 8.39. The van der Waals surface area contributed by atoms with Gasteiger partial charge in [-0.1, -0.05) is 12.1 Å². The quantitative estimate of drug-likeness (QED) is 0.747. The zero-order chi connectivity index (χ0) is 21.5. The highest BCUT2D eigenvalue weighted by molar-refractivity contribution is 5.83. The van der Waals surface area contributed by atoms with Crippen molar-refractivity contribution >= 4 is 5.91 Å². The van der Waals surface area contributed by atoms with Crippen LogP contribution in [0.4, 0.5) is 0 Å². The number of ether oxygens (including phenoxy) is 2. The van der Waals surface area contributed by atoms with Crippen LogP contribution in [0.1, 0.15) is 11.7 Å². The summed E-state index contributed by atoms with van der Waals surface area (Å²) in [6.45, 7) is 2.64. The van der Waals surface area contributed by atoms with Gasteiger partial charge in [0.15, 0.2) is 0 Å². The summed E-state index contributed by atoms with van der Waals surface area (Å²) < 4.78 is 12.3. The Morgan fingerprint density at radius 2 is 1.94 bits per heavy atom. The lowest BCUT2D eigenvalue weighted by Crippen LogP contribution is -2.51. The summed E-state index contributed by atoms with van der Waals surface area (Å²) in [4.78, 5) is 28.2. The minimum absolute atomic E-state index is 0.00110. The fourth-order valence-electron chi connectivity index (χ4n) is 5.21. The van der Waals surface area contributed by atoms with Gasteiger partial charge in [0.1, 0.15) is 5.75 Å². The summed E-state index contributed by atoms with van der Waals surface area (Å²) in [5.74, 6) is 0.522. The molecule has 2 saturated heterocycles. The highest BCUT2D eigenvalue weighted by Gasteiger charge is 2.51. The fraction of sp³-hybridized carbons (Fsp3) is 0.478. The predicted octanol–water partition coefficient (Wildman–Crippen LogP) is 0.634. The monoisotopic (exact) mass is 425 g/mol. The number of carbonyl (C=O) groups excluding carboxylic acids is 1. The number of hydrogen-bond donors (Lipinski definition) is 2. The third-order valence-corrected chi connectivity index (χ3v) is 6.89. The first-order chi connectivity index (χ1) is 15.1. The molecular weight excluding hydrogens is 398 g/mol. The summed E-state index contributed by atoms with van der Waals surface area (Å²) in [5, 5.41) is 13.6. The summed E-state index contributed by atoms with van der Waals surface area (Å²) in [6.07, 6.45) is 0. The minimum Gasteiger partial charge on any atom is -0.497 e. The van der Waals surface area contributed by atoms with Gasteiger partial charge in [-0.05, 0) is 29.8 Å². The van der Waals surface area contributed by atoms with Crippen LogP contribution in [0.25, 0.3) is 11.1 Å². The molecule has 1 aromatic carbocycles. The van der Waals surface area contributed by atoms with Gasteiger partial charge in [0.05, 0.1) is 32.4 Å². The molecule has 8 heteroatoms. The molecular formula is C23H27N3O5. The minimum atomic E-state index is -0.441. The number of aromatic nitrogens is 1. The maximum absolute atomic E-state index is 13.3. The Bertz CT molecular complexity index is 1030. The second kappa shape index (κ2) is 8.11. The number of fused-ring (bicyclic) bond motifs is 3. The largest absolute Gasteiger partial charge is 0.497 e. The van der Waals surface area contributed by atoms with E-state index in [-0.39, 0.29) is 36.0 Å². The zero-order valence-corrected chi connectivity index (χ0v) is 17.5. The smallest absolute Gasteiger partial charge is 0.258 e. The van der Waals surface area contributed by atoms with Gasteiger partial charge in [-0.25, -0.2) is 0 Å². The summed E-state index contributed by atoms with van der Waals surface area (Å²) in [5.41, 5.74) is 2.30. The molecule has 4 heterocycles. The van der Waals surface area contributed by atoms with Gasteiger partial charge in [0.25, 0.3) is 5.56 Å². The van der Waals surface area contributed by atoms with Crippen LogP contribution in [0.15, 0.2) is 41.2 Å². The van der Waals surface area contributed by atoms with E-state index < -0.39 is 6.04 Å². The number of carbonyl (C=O) groups is 1. The number of benzene rings is 1. The number of nitrogens with one attached hydrogen (secondary N) is 1. The SMILES string of the molecule is COc1ccc(-c2ccc3n(c2=O)C[C@@H]2[C@@H](CO)[C@H](C(=O)N4CCOCC4)N[C@H]32)cc1. The fourth-order valence-corrected chi connectivity index (χ4v) is 5.21. The summed E-state index contributed by atoms with van der Waals surface area (Å²) >= 11 is 0. The molecule has 2 aromatic rings. The van der Waals surface area contributed by atoms with Gasteiger partial charge in [0.2, 0.25) is 5.91 Å². The van der Waals surface area contributed by atoms with E-state index in [1.165, 1.54) is 0 Å². The number of morpholine rings is 1. The number of amides is 1. The average molecular weight is 425 g/mol. The van der Waals surface area contributed by atoms with Gasteiger partial charge >= 0.3 is 0 Å². The lowest BCUT2D eigenvalue weighted by atomic mass is 9.88. The Labute approximate surface area is 180 Å². The van der Waals surface area contributed by atoms with Crippen LogP contribution in [-0.4, -0.2) is 66.5 Å². The molecule has 5 rings (SSSR count). The Hall–Kier alpha value is -2.68. The van der Waals surface area contributed by atoms with Gasteiger partial charge < -0.3 is 24.0 Å². The van der Waals surface area contributed by atoms with Crippen LogP contribution in [0.5, 0.6) is 5.75 Å². The van der Waals surface area contributed by atoms with Crippen LogP contribution in [0.2, 0.25) is 0 Å². The zero-order valence-electron chi connectivity index (χ0n) is 17.5. The van der Waals surface area contributed by atoms with E-state index in [4.69, 9.17) is 9.47 Å². The molecule has 8 nitrogen and oxygen atoms in total. The highest BCUT2D eigenvalue weighted by atomic mass is 16.5. The topological polar surface area (TPSA) is 93.0 Å². The maximum atomic E-state index is 13.3. The number of nitrogens with zero attached hydrogens (tertiary/aromatic N) is 2. The second-order valence-corrected chi connectivity index (χ2v) is 8.39. The van der Waals surface area contributed by atoms with Crippen LogP contribution in [-0.2, 0) is 16.1 Å². The Balaban J connectivity index is 1.42. The lowest BCUT2D eigenvalue weighted by molar-refractivity contribution is -0.138. The van der Waals surface area contributed by atoms with Gasteiger partial charge in [-0.3, -0.25) is 14.9 Å². The van der Waals surface area contributed by atoms with E-state index in [1.54, 1.807) is 11.7 Å². The van der Waals surface area contributed by atoms with Gasteiger partial charge in [-0.15, -0.1) is 0 Å². The maximum Gasteiger partial charge on any atom is 0.258 e. The number of rotatable bonds is 4. The van der Waals surface area contributed by atoms with Crippen molar-refractivity contribution in [2.45, 2.75) is 18.6 Å². The van der Waals surface area contributed by atoms with E-state index >= 15 is 0 Å². The predicted molar refractivity (Wildman–Crippen MR) is 114 cm³/mol. The molecule has 0 aliphatic carbocycles. The first-order valence-corrected chi connectivity index (χ1v) is 10.7. The average Bonchev–Trinajstić information content (AvgIpc) is 3.36. The third kappa shape index (κ3) is 3.35. The van der Waals surface area contributed by atoms with Crippen molar-refractivity contribution in [3.63, 3.8) is 0 Å². The van der Waals surface area contributed by atoms with Crippen molar-refractivity contribution in [2.24, 2.45) is 11.8 Å². The van der Waals surface area contributed by atoms with Crippen LogP contribution < -0.4 is 15.6 Å². The molecule has 0 radical (unpaired) electrons. The molecule has 31 heavy (non-hydrogen) atoms. The van der Waals surface area contributed by atoms with E-state index in [1.807, 2.05) is 41.3 Å². The normalized spacial score (nSPS) is 27.1. The molecule has 3 aliphatic rings. The van der Waals surface area contributed by atoms with Gasteiger partial charge in [0, 0.05) is 49.3 Å². The highest BCUT2D eigenvalue weighted by Crippen LogP contribution is 2.43. The number of aliphatic hydroxyl groups excluding tert-OH is 1. The van der Waals surface area contributed by atoms with Crippen LogP contribution >= 0.6 is 0 Å². The van der Waals surface area contributed by atoms with Crippen molar-refractivity contribution in [1.82, 2.24) is 14.8 Å². The van der Waals surface area contributed by atoms with Crippen molar-refractivity contribution in [1.29, 1.82) is 0 Å². The molecule has 0 spiro atoms. The molecule has 2 fully saturated rings. The number of methoxy groups -OCH3 is 1. The summed E-state index contributed by atoms with van der Waals surface area (Å²) in [7, 11) is 1.61. The third-order valence-electron chi connectivity index (χ3n) is 6.89. The van der Waals surface area contributed by atoms with Gasteiger partial charge in [-0.2, -0.15) is 0 Å². The Kier molecular flexibility index (Phi) is 5.29. The molecule has 164 valence electrons. The number of hydrogen-bond acceptors (Lipinski definition) is 6. The molecule has 1 aromatic heterocycles. The van der Waals surface area contributed by atoms with Crippen LogP contribution in [0.3, 0.4) is 0 Å². The lowest BCUT2D eigenvalue weighted by Gasteiger charge is -2.31. The molecule has 3 aliphatic heterocycles. The molecule has 0 saturated carbocycles. The number of pyridine rings is 1. The molecule has 1 amide bonds. The van der Waals surface area contributed by atoms with Crippen molar-refractivity contribution in [3.05, 3.63) is 52.4 Å². The van der Waals surface area contributed by atoms with Crippen molar-refractivity contribution in [2.75, 3.05) is 40.0 Å². The molecule has 4 atom stereocenters. The van der Waals surface area contributed by atoms with E-state index in [0.717, 1.165) is 17.0 Å². The first-order valence-electron chi connectivity index (χ1n) is 10.7. The number of aliphatic hydroxyl groups is 1.